The predicted octanol–water partition coefficient (Wildman–Crippen LogP) is 3.21. The second-order valence-electron chi connectivity index (χ2n) is 6.78. The summed E-state index contributed by atoms with van der Waals surface area (Å²) in [5.74, 6) is 0.563. The van der Waals surface area contributed by atoms with Crippen LogP contribution in [0.15, 0.2) is 16.5 Å². The van der Waals surface area contributed by atoms with Crippen LogP contribution in [-0.4, -0.2) is 43.1 Å². The fraction of sp³-hybridized carbons (Fsp3) is 0.722. The molecule has 2 fully saturated rings. The van der Waals surface area contributed by atoms with Crippen molar-refractivity contribution >= 4 is 5.91 Å². The molecule has 1 aliphatic carbocycles. The molecule has 3 rings (SSSR count). The molecule has 128 valence electrons. The zero-order valence-electron chi connectivity index (χ0n) is 14.1. The van der Waals surface area contributed by atoms with Crippen molar-refractivity contribution in [1.82, 2.24) is 10.2 Å². The Morgan fingerprint density at radius 2 is 1.96 bits per heavy atom. The minimum atomic E-state index is -0.138. The van der Waals surface area contributed by atoms with E-state index in [1.165, 1.54) is 52.2 Å². The van der Waals surface area contributed by atoms with Gasteiger partial charge in [0.1, 0.15) is 0 Å². The van der Waals surface area contributed by atoms with E-state index in [2.05, 4.69) is 10.2 Å². The summed E-state index contributed by atoms with van der Waals surface area (Å²) in [6, 6.07) is 4.27. The van der Waals surface area contributed by atoms with E-state index >= 15 is 0 Å². The molecule has 5 nitrogen and oxygen atoms in total. The van der Waals surface area contributed by atoms with Gasteiger partial charge in [-0.2, -0.15) is 0 Å². The molecule has 0 radical (unpaired) electrons. The van der Waals surface area contributed by atoms with Gasteiger partial charge in [0, 0.05) is 24.7 Å². The molecule has 1 saturated heterocycles. The molecule has 2 heterocycles. The summed E-state index contributed by atoms with van der Waals surface area (Å²) in [6.07, 6.45) is 10.3. The van der Waals surface area contributed by atoms with Gasteiger partial charge in [-0.1, -0.05) is 25.7 Å². The van der Waals surface area contributed by atoms with E-state index in [1.54, 1.807) is 12.1 Å². The highest BCUT2D eigenvalue weighted by molar-refractivity contribution is 5.91. The van der Waals surface area contributed by atoms with Gasteiger partial charge in [-0.25, -0.2) is 0 Å². The molecule has 1 aromatic rings. The number of carbonyl (C=O) groups is 1. The summed E-state index contributed by atoms with van der Waals surface area (Å²) in [5.41, 5.74) is 0. The summed E-state index contributed by atoms with van der Waals surface area (Å²) in [6.45, 7) is 2.14. The van der Waals surface area contributed by atoms with E-state index < -0.39 is 0 Å². The number of nitrogens with zero attached hydrogens (tertiary/aromatic N) is 1. The normalized spacial score (nSPS) is 24.1. The Hall–Kier alpha value is -1.49. The Bertz CT molecular complexity index is 506. The molecule has 23 heavy (non-hydrogen) atoms. The molecule has 1 unspecified atom stereocenters. The van der Waals surface area contributed by atoms with Crippen LogP contribution in [-0.2, 0) is 0 Å². The summed E-state index contributed by atoms with van der Waals surface area (Å²) < 4.78 is 10.3. The van der Waals surface area contributed by atoms with Crippen molar-refractivity contribution in [3.05, 3.63) is 17.9 Å². The predicted molar refractivity (Wildman–Crippen MR) is 88.8 cm³/mol. The smallest absolute Gasteiger partial charge is 0.287 e. The number of nitrogens with one attached hydrogen (secondary N) is 1. The van der Waals surface area contributed by atoms with E-state index in [4.69, 9.17) is 9.15 Å². The van der Waals surface area contributed by atoms with Crippen LogP contribution in [0.25, 0.3) is 0 Å². The average Bonchev–Trinajstić information content (AvgIpc) is 2.89. The van der Waals surface area contributed by atoms with E-state index in [9.17, 15) is 4.79 Å². The molecule has 0 spiro atoms. The highest BCUT2D eigenvalue weighted by atomic mass is 16.6. The van der Waals surface area contributed by atoms with Crippen LogP contribution in [0.4, 0.5) is 0 Å². The average molecular weight is 320 g/mol. The van der Waals surface area contributed by atoms with Crippen LogP contribution in [0.2, 0.25) is 0 Å². The van der Waals surface area contributed by atoms with Crippen LogP contribution in [0.3, 0.4) is 0 Å². The van der Waals surface area contributed by atoms with Gasteiger partial charge in [0.15, 0.2) is 5.76 Å². The van der Waals surface area contributed by atoms with Gasteiger partial charge in [0.25, 0.3) is 11.9 Å². The highest BCUT2D eigenvalue weighted by Crippen LogP contribution is 2.25. The van der Waals surface area contributed by atoms with Crippen LogP contribution < -0.4 is 10.1 Å². The van der Waals surface area contributed by atoms with Gasteiger partial charge in [-0.05, 0) is 38.3 Å². The molecule has 1 N–H and O–H groups in total. The maximum atomic E-state index is 12.3. The number of furan rings is 1. The first-order valence-corrected chi connectivity index (χ1v) is 8.95. The van der Waals surface area contributed by atoms with Gasteiger partial charge in [-0.15, -0.1) is 0 Å². The van der Waals surface area contributed by atoms with Crippen molar-refractivity contribution in [2.75, 3.05) is 20.2 Å². The maximum Gasteiger partial charge on any atom is 0.287 e. The zero-order chi connectivity index (χ0) is 16.1. The Morgan fingerprint density at radius 3 is 2.65 bits per heavy atom. The molecule has 1 aromatic heterocycles. The number of rotatable bonds is 4. The summed E-state index contributed by atoms with van der Waals surface area (Å²) in [4.78, 5) is 14.9. The molecule has 2 aliphatic rings. The number of amides is 1. The van der Waals surface area contributed by atoms with Crippen molar-refractivity contribution in [1.29, 1.82) is 0 Å². The van der Waals surface area contributed by atoms with Crippen LogP contribution >= 0.6 is 0 Å². The van der Waals surface area contributed by atoms with Gasteiger partial charge >= 0.3 is 0 Å². The number of likely N-dealkylation sites (tertiary alicyclic amines) is 1. The van der Waals surface area contributed by atoms with Crippen molar-refractivity contribution in [3.63, 3.8) is 0 Å². The quantitative estimate of drug-likeness (QED) is 0.866. The summed E-state index contributed by atoms with van der Waals surface area (Å²) in [5, 5.41) is 3.13. The molecule has 1 atom stereocenters. The fourth-order valence-electron chi connectivity index (χ4n) is 3.89. The first-order chi connectivity index (χ1) is 11.3. The Morgan fingerprint density at radius 1 is 1.17 bits per heavy atom. The van der Waals surface area contributed by atoms with Crippen LogP contribution in [0, 0.1) is 0 Å². The molecular formula is C18H28N2O3. The third-order valence-electron chi connectivity index (χ3n) is 5.14. The number of carbonyl (C=O) groups excluding carboxylic acids is 1. The summed E-state index contributed by atoms with van der Waals surface area (Å²) in [7, 11) is 1.53. The van der Waals surface area contributed by atoms with Gasteiger partial charge in [-0.3, -0.25) is 9.69 Å². The highest BCUT2D eigenvalue weighted by Gasteiger charge is 2.27. The third-order valence-corrected chi connectivity index (χ3v) is 5.14. The lowest BCUT2D eigenvalue weighted by molar-refractivity contribution is 0.0829. The molecule has 0 aromatic carbocycles. The Labute approximate surface area is 138 Å². The minimum absolute atomic E-state index is 0.138. The lowest BCUT2D eigenvalue weighted by Gasteiger charge is -2.38. The van der Waals surface area contributed by atoms with E-state index in [0.717, 1.165) is 19.4 Å². The van der Waals surface area contributed by atoms with E-state index in [-0.39, 0.29) is 11.9 Å². The molecule has 0 bridgehead atoms. The number of hydrogen-bond acceptors (Lipinski definition) is 4. The van der Waals surface area contributed by atoms with Crippen molar-refractivity contribution in [3.8, 4) is 5.95 Å². The van der Waals surface area contributed by atoms with Crippen LogP contribution in [0.5, 0.6) is 5.95 Å². The van der Waals surface area contributed by atoms with Gasteiger partial charge in [0.05, 0.1) is 7.11 Å². The second kappa shape index (κ2) is 7.86. The van der Waals surface area contributed by atoms with Gasteiger partial charge in [0.2, 0.25) is 0 Å². The SMILES string of the molecule is COc1ccc(C(=O)NC2CCCN(C3CCCCCC3)C2)o1. The zero-order valence-corrected chi connectivity index (χ0v) is 14.1. The van der Waals surface area contributed by atoms with E-state index in [1.807, 2.05) is 0 Å². The Balaban J connectivity index is 1.54. The number of hydrogen-bond donors (Lipinski definition) is 1. The number of methoxy groups -OCH3 is 1. The van der Waals surface area contributed by atoms with Crippen LogP contribution in [0.1, 0.15) is 61.9 Å². The molecule has 1 aliphatic heterocycles. The van der Waals surface area contributed by atoms with Crippen molar-refractivity contribution in [2.45, 2.75) is 63.5 Å². The standard InChI is InChI=1S/C18H28N2O3/c1-22-17-11-10-16(23-17)18(21)19-14-7-6-12-20(13-14)15-8-4-2-3-5-9-15/h10-11,14-15H,2-9,12-13H2,1H3,(H,19,21). The lowest BCUT2D eigenvalue weighted by Crippen LogP contribution is -2.50. The monoisotopic (exact) mass is 320 g/mol. The first-order valence-electron chi connectivity index (χ1n) is 8.95. The fourth-order valence-corrected chi connectivity index (χ4v) is 3.89. The lowest BCUT2D eigenvalue weighted by atomic mass is 10.00. The molecule has 1 amide bonds. The molecule has 5 heteroatoms. The maximum absolute atomic E-state index is 12.3. The number of ether oxygens (including phenoxy) is 1. The van der Waals surface area contributed by atoms with Crippen molar-refractivity contribution < 1.29 is 13.9 Å². The largest absolute Gasteiger partial charge is 0.468 e. The second-order valence-corrected chi connectivity index (χ2v) is 6.78. The topological polar surface area (TPSA) is 54.7 Å². The minimum Gasteiger partial charge on any atom is -0.468 e. The Kier molecular flexibility index (Phi) is 5.60. The third kappa shape index (κ3) is 4.28. The number of piperidine rings is 1. The summed E-state index contributed by atoms with van der Waals surface area (Å²) >= 11 is 0. The molecular weight excluding hydrogens is 292 g/mol. The molecule has 1 saturated carbocycles. The van der Waals surface area contributed by atoms with E-state index in [0.29, 0.717) is 17.7 Å². The first kappa shape index (κ1) is 16.4. The van der Waals surface area contributed by atoms with Gasteiger partial charge < -0.3 is 14.5 Å². The van der Waals surface area contributed by atoms with Crippen molar-refractivity contribution in [2.24, 2.45) is 0 Å².